The fourth-order valence-electron chi connectivity index (χ4n) is 0.693. The Morgan fingerprint density at radius 1 is 1.64 bits per heavy atom. The topological polar surface area (TPSA) is 49.3 Å². The molecule has 0 heterocycles. The van der Waals surface area contributed by atoms with E-state index in [1.54, 1.807) is 6.92 Å². The Morgan fingerprint density at radius 3 is 2.73 bits per heavy atom. The lowest BCUT2D eigenvalue weighted by Crippen LogP contribution is -2.24. The first-order chi connectivity index (χ1) is 5.16. The number of nitrogens with one attached hydrogen (secondary N) is 1. The molecule has 0 saturated carbocycles. The summed E-state index contributed by atoms with van der Waals surface area (Å²) in [5, 5.41) is 11.6. The van der Waals surface area contributed by atoms with Crippen molar-refractivity contribution >= 4 is 5.91 Å². The van der Waals surface area contributed by atoms with E-state index in [0.717, 1.165) is 13.0 Å². The van der Waals surface area contributed by atoms with Crippen LogP contribution in [0.25, 0.3) is 0 Å². The van der Waals surface area contributed by atoms with Crippen molar-refractivity contribution in [1.82, 2.24) is 5.32 Å². The Hall–Kier alpha value is -0.570. The first kappa shape index (κ1) is 10.4. The molecule has 0 rings (SSSR count). The predicted octanol–water partition coefficient (Wildman–Crippen LogP) is 0.674. The molecule has 0 saturated heterocycles. The highest BCUT2D eigenvalue weighted by atomic mass is 16.3. The summed E-state index contributed by atoms with van der Waals surface area (Å²) in [6, 6.07) is 0. The maximum atomic E-state index is 10.9. The molecule has 0 aromatic rings. The van der Waals surface area contributed by atoms with Gasteiger partial charge in [-0.15, -0.1) is 0 Å². The third kappa shape index (κ3) is 7.33. The molecular formula is C8H17NO2. The van der Waals surface area contributed by atoms with Crippen LogP contribution in [0.1, 0.15) is 33.1 Å². The Bertz CT molecular complexity index is 113. The minimum absolute atomic E-state index is 0.0350. The van der Waals surface area contributed by atoms with Crippen LogP contribution in [0.3, 0.4) is 0 Å². The molecule has 1 atom stereocenters. The summed E-state index contributed by atoms with van der Waals surface area (Å²) in [4.78, 5) is 10.9. The molecule has 1 amide bonds. The van der Waals surface area contributed by atoms with Crippen molar-refractivity contribution in [1.29, 1.82) is 0 Å². The van der Waals surface area contributed by atoms with Crippen molar-refractivity contribution in [2.75, 3.05) is 6.54 Å². The molecule has 0 aliphatic rings. The molecule has 0 spiro atoms. The predicted molar refractivity (Wildman–Crippen MR) is 44.2 cm³/mol. The average molecular weight is 159 g/mol. The molecule has 2 N–H and O–H groups in total. The number of carbonyl (C=O) groups is 1. The lowest BCUT2D eigenvalue weighted by Gasteiger charge is -2.04. The Morgan fingerprint density at radius 2 is 2.27 bits per heavy atom. The Labute approximate surface area is 67.8 Å². The minimum Gasteiger partial charge on any atom is -0.393 e. The van der Waals surface area contributed by atoms with Crippen LogP contribution in [0.2, 0.25) is 0 Å². The van der Waals surface area contributed by atoms with Gasteiger partial charge in [-0.25, -0.2) is 0 Å². The van der Waals surface area contributed by atoms with Gasteiger partial charge in [-0.3, -0.25) is 4.79 Å². The maximum Gasteiger partial charge on any atom is 0.220 e. The summed E-state index contributed by atoms with van der Waals surface area (Å²) in [5.41, 5.74) is 0. The summed E-state index contributed by atoms with van der Waals surface area (Å²) in [6.07, 6.45) is 1.57. The fourth-order valence-corrected chi connectivity index (χ4v) is 0.693. The third-order valence-electron chi connectivity index (χ3n) is 1.36. The van der Waals surface area contributed by atoms with Crippen LogP contribution in [0.15, 0.2) is 0 Å². The van der Waals surface area contributed by atoms with Crippen molar-refractivity contribution in [3.63, 3.8) is 0 Å². The molecule has 66 valence electrons. The second kappa shape index (κ2) is 6.16. The molecule has 3 nitrogen and oxygen atoms in total. The van der Waals surface area contributed by atoms with Crippen molar-refractivity contribution in [3.05, 3.63) is 0 Å². The van der Waals surface area contributed by atoms with Gasteiger partial charge in [-0.2, -0.15) is 0 Å². The monoisotopic (exact) mass is 159 g/mol. The molecular weight excluding hydrogens is 142 g/mol. The van der Waals surface area contributed by atoms with E-state index < -0.39 is 0 Å². The van der Waals surface area contributed by atoms with Crippen LogP contribution in [-0.2, 0) is 4.79 Å². The zero-order chi connectivity index (χ0) is 8.69. The van der Waals surface area contributed by atoms with Gasteiger partial charge in [0.05, 0.1) is 6.10 Å². The van der Waals surface area contributed by atoms with Crippen LogP contribution >= 0.6 is 0 Å². The van der Waals surface area contributed by atoms with Gasteiger partial charge in [-0.05, 0) is 19.8 Å². The van der Waals surface area contributed by atoms with E-state index in [9.17, 15) is 4.79 Å². The highest BCUT2D eigenvalue weighted by Crippen LogP contribution is 1.94. The molecule has 0 bridgehead atoms. The SMILES string of the molecule is CCCNC(=O)CCC(C)O. The molecule has 0 aromatic heterocycles. The number of rotatable bonds is 5. The van der Waals surface area contributed by atoms with Gasteiger partial charge in [0.2, 0.25) is 5.91 Å². The first-order valence-corrected chi connectivity index (χ1v) is 4.11. The average Bonchev–Trinajstić information content (AvgIpc) is 1.97. The number of hydrogen-bond acceptors (Lipinski definition) is 2. The molecule has 0 aliphatic carbocycles. The van der Waals surface area contributed by atoms with E-state index >= 15 is 0 Å². The first-order valence-electron chi connectivity index (χ1n) is 4.11. The van der Waals surface area contributed by atoms with E-state index in [4.69, 9.17) is 5.11 Å². The summed E-state index contributed by atoms with van der Waals surface area (Å²) >= 11 is 0. The molecule has 11 heavy (non-hydrogen) atoms. The molecule has 1 unspecified atom stereocenters. The van der Waals surface area contributed by atoms with Gasteiger partial charge < -0.3 is 10.4 Å². The van der Waals surface area contributed by atoms with Crippen molar-refractivity contribution in [3.8, 4) is 0 Å². The second-order valence-corrected chi connectivity index (χ2v) is 2.74. The molecule has 0 radical (unpaired) electrons. The number of carbonyl (C=O) groups excluding carboxylic acids is 1. The van der Waals surface area contributed by atoms with Gasteiger partial charge in [0, 0.05) is 13.0 Å². The van der Waals surface area contributed by atoms with Gasteiger partial charge in [0.15, 0.2) is 0 Å². The van der Waals surface area contributed by atoms with Crippen LogP contribution in [-0.4, -0.2) is 23.7 Å². The summed E-state index contributed by atoms with van der Waals surface area (Å²) in [7, 11) is 0. The molecule has 0 aliphatic heterocycles. The van der Waals surface area contributed by atoms with Gasteiger partial charge in [-0.1, -0.05) is 6.92 Å². The fraction of sp³-hybridized carbons (Fsp3) is 0.875. The molecule has 0 aromatic carbocycles. The van der Waals surface area contributed by atoms with Crippen molar-refractivity contribution < 1.29 is 9.90 Å². The van der Waals surface area contributed by atoms with E-state index in [2.05, 4.69) is 5.32 Å². The van der Waals surface area contributed by atoms with Crippen LogP contribution < -0.4 is 5.32 Å². The standard InChI is InChI=1S/C8H17NO2/c1-3-6-9-8(11)5-4-7(2)10/h7,10H,3-6H2,1-2H3,(H,9,11). The number of aliphatic hydroxyl groups excluding tert-OH is 1. The quantitative estimate of drug-likeness (QED) is 0.619. The van der Waals surface area contributed by atoms with E-state index in [1.807, 2.05) is 6.92 Å². The van der Waals surface area contributed by atoms with Gasteiger partial charge >= 0.3 is 0 Å². The largest absolute Gasteiger partial charge is 0.393 e. The van der Waals surface area contributed by atoms with Gasteiger partial charge in [0.1, 0.15) is 0 Å². The van der Waals surface area contributed by atoms with E-state index in [0.29, 0.717) is 12.8 Å². The van der Waals surface area contributed by atoms with Crippen LogP contribution in [0.5, 0.6) is 0 Å². The minimum atomic E-state index is -0.373. The number of amides is 1. The number of hydrogen-bond donors (Lipinski definition) is 2. The zero-order valence-corrected chi connectivity index (χ0v) is 7.26. The summed E-state index contributed by atoms with van der Waals surface area (Å²) in [5.74, 6) is 0.0350. The van der Waals surface area contributed by atoms with Crippen molar-refractivity contribution in [2.45, 2.75) is 39.2 Å². The van der Waals surface area contributed by atoms with Crippen molar-refractivity contribution in [2.24, 2.45) is 0 Å². The van der Waals surface area contributed by atoms with Crippen LogP contribution in [0, 0.1) is 0 Å². The highest BCUT2D eigenvalue weighted by Gasteiger charge is 2.01. The van der Waals surface area contributed by atoms with Crippen LogP contribution in [0.4, 0.5) is 0 Å². The Balaban J connectivity index is 3.23. The smallest absolute Gasteiger partial charge is 0.220 e. The summed E-state index contributed by atoms with van der Waals surface area (Å²) < 4.78 is 0. The van der Waals surface area contributed by atoms with E-state index in [-0.39, 0.29) is 12.0 Å². The van der Waals surface area contributed by atoms with Gasteiger partial charge in [0.25, 0.3) is 0 Å². The molecule has 3 heteroatoms. The van der Waals surface area contributed by atoms with E-state index in [1.165, 1.54) is 0 Å². The maximum absolute atomic E-state index is 10.9. The molecule has 0 fully saturated rings. The Kier molecular flexibility index (Phi) is 5.84. The normalized spacial score (nSPS) is 12.6. The lowest BCUT2D eigenvalue weighted by atomic mass is 10.2. The highest BCUT2D eigenvalue weighted by molar-refractivity contribution is 5.75. The summed E-state index contributed by atoms with van der Waals surface area (Å²) in [6.45, 7) is 4.43. The lowest BCUT2D eigenvalue weighted by molar-refractivity contribution is -0.121. The zero-order valence-electron chi connectivity index (χ0n) is 7.26. The second-order valence-electron chi connectivity index (χ2n) is 2.74. The number of aliphatic hydroxyl groups is 1. The third-order valence-corrected chi connectivity index (χ3v) is 1.36.